The van der Waals surface area contributed by atoms with Gasteiger partial charge in [0.1, 0.15) is 12.4 Å². The van der Waals surface area contributed by atoms with Gasteiger partial charge in [0.25, 0.3) is 0 Å². The van der Waals surface area contributed by atoms with Crippen LogP contribution in [0.1, 0.15) is 23.4 Å². The summed E-state index contributed by atoms with van der Waals surface area (Å²) < 4.78 is 1.91. The van der Waals surface area contributed by atoms with Gasteiger partial charge in [-0.3, -0.25) is 0 Å². The van der Waals surface area contributed by atoms with Crippen molar-refractivity contribution >= 4 is 11.3 Å². The zero-order chi connectivity index (χ0) is 10.7. The summed E-state index contributed by atoms with van der Waals surface area (Å²) in [6.45, 7) is 2.75. The van der Waals surface area contributed by atoms with Crippen molar-refractivity contribution in [3.05, 3.63) is 34.3 Å². The molecule has 0 saturated carbocycles. The molecule has 0 spiro atoms. The van der Waals surface area contributed by atoms with Crippen LogP contribution in [0.4, 0.5) is 0 Å². The van der Waals surface area contributed by atoms with Crippen molar-refractivity contribution in [2.45, 2.75) is 26.5 Å². The van der Waals surface area contributed by atoms with Crippen LogP contribution in [-0.2, 0) is 19.6 Å². The van der Waals surface area contributed by atoms with Gasteiger partial charge in [-0.1, -0.05) is 6.92 Å². The van der Waals surface area contributed by atoms with E-state index < -0.39 is 0 Å². The summed E-state index contributed by atoms with van der Waals surface area (Å²) in [6.07, 6.45) is 4.52. The van der Waals surface area contributed by atoms with Crippen LogP contribution in [-0.4, -0.2) is 19.6 Å². The minimum atomic E-state index is -0.0300. The smallest absolute Gasteiger partial charge is 0.134 e. The van der Waals surface area contributed by atoms with Gasteiger partial charge in [-0.2, -0.15) is 0 Å². The Bertz CT molecular complexity index is 435. The number of hydrogen-bond donors (Lipinski definition) is 1. The third-order valence-corrected chi connectivity index (χ3v) is 3.22. The zero-order valence-corrected chi connectivity index (χ0v) is 9.37. The lowest BCUT2D eigenvalue weighted by molar-refractivity contribution is 0.266. The van der Waals surface area contributed by atoms with E-state index in [9.17, 15) is 0 Å². The summed E-state index contributed by atoms with van der Waals surface area (Å²) in [5.41, 5.74) is 1.03. The SMILES string of the molecule is CCc1nc(Cn2ccnc2CO)cs1. The molecule has 0 aliphatic rings. The number of aliphatic hydroxyl groups excluding tert-OH is 1. The third kappa shape index (κ3) is 2.24. The van der Waals surface area contributed by atoms with E-state index >= 15 is 0 Å². The summed E-state index contributed by atoms with van der Waals surface area (Å²) in [5.74, 6) is 0.682. The maximum Gasteiger partial charge on any atom is 0.134 e. The molecule has 0 aliphatic carbocycles. The van der Waals surface area contributed by atoms with Crippen molar-refractivity contribution in [2.75, 3.05) is 0 Å². The Labute approximate surface area is 92.2 Å². The lowest BCUT2D eigenvalue weighted by Gasteiger charge is -2.02. The van der Waals surface area contributed by atoms with Crippen LogP contribution in [0.15, 0.2) is 17.8 Å². The molecule has 2 aromatic rings. The predicted octanol–water partition coefficient (Wildman–Crippen LogP) is 1.44. The largest absolute Gasteiger partial charge is 0.388 e. The molecule has 80 valence electrons. The number of aromatic nitrogens is 3. The highest BCUT2D eigenvalue weighted by molar-refractivity contribution is 7.09. The van der Waals surface area contributed by atoms with E-state index in [1.54, 1.807) is 17.5 Å². The number of aryl methyl sites for hydroxylation is 1. The summed E-state index contributed by atoms with van der Waals surface area (Å²) in [4.78, 5) is 8.51. The summed E-state index contributed by atoms with van der Waals surface area (Å²) in [5, 5.41) is 12.2. The number of nitrogens with zero attached hydrogens (tertiary/aromatic N) is 3. The molecule has 4 nitrogen and oxygen atoms in total. The fourth-order valence-corrected chi connectivity index (χ4v) is 2.13. The second-order valence-electron chi connectivity index (χ2n) is 3.22. The van der Waals surface area contributed by atoms with Gasteiger partial charge in [0.2, 0.25) is 0 Å². The molecule has 0 aliphatic heterocycles. The van der Waals surface area contributed by atoms with Crippen molar-refractivity contribution in [1.29, 1.82) is 0 Å². The monoisotopic (exact) mass is 223 g/mol. The van der Waals surface area contributed by atoms with E-state index in [2.05, 4.69) is 22.3 Å². The van der Waals surface area contributed by atoms with Gasteiger partial charge in [0.05, 0.1) is 17.2 Å². The molecule has 5 heteroatoms. The van der Waals surface area contributed by atoms with Crippen molar-refractivity contribution < 1.29 is 5.11 Å². The minimum Gasteiger partial charge on any atom is -0.388 e. The Morgan fingerprint density at radius 3 is 3.07 bits per heavy atom. The molecule has 0 atom stereocenters. The van der Waals surface area contributed by atoms with Crippen LogP contribution < -0.4 is 0 Å². The van der Waals surface area contributed by atoms with Crippen molar-refractivity contribution in [3.63, 3.8) is 0 Å². The molecular weight excluding hydrogens is 210 g/mol. The van der Waals surface area contributed by atoms with Crippen molar-refractivity contribution in [1.82, 2.24) is 14.5 Å². The first-order valence-electron chi connectivity index (χ1n) is 4.87. The first-order chi connectivity index (χ1) is 7.33. The van der Waals surface area contributed by atoms with Gasteiger partial charge in [-0.05, 0) is 6.42 Å². The lowest BCUT2D eigenvalue weighted by atomic mass is 10.4. The molecule has 1 N–H and O–H groups in total. The third-order valence-electron chi connectivity index (χ3n) is 2.18. The molecule has 0 amide bonds. The highest BCUT2D eigenvalue weighted by atomic mass is 32.1. The number of hydrogen-bond acceptors (Lipinski definition) is 4. The van der Waals surface area contributed by atoms with Crippen LogP contribution in [0.2, 0.25) is 0 Å². The fourth-order valence-electron chi connectivity index (χ4n) is 1.39. The number of rotatable bonds is 4. The van der Waals surface area contributed by atoms with Crippen LogP contribution >= 0.6 is 11.3 Å². The van der Waals surface area contributed by atoms with Gasteiger partial charge < -0.3 is 9.67 Å². The fraction of sp³-hybridized carbons (Fsp3) is 0.400. The average Bonchev–Trinajstić information content (AvgIpc) is 2.87. The van der Waals surface area contributed by atoms with E-state index in [4.69, 9.17) is 5.11 Å². The molecular formula is C10H13N3OS. The van der Waals surface area contributed by atoms with Crippen molar-refractivity contribution in [3.8, 4) is 0 Å². The lowest BCUT2D eigenvalue weighted by Crippen LogP contribution is -2.04. The molecule has 2 aromatic heterocycles. The minimum absolute atomic E-state index is 0.0300. The van der Waals surface area contributed by atoms with E-state index in [1.807, 2.05) is 10.8 Å². The van der Waals surface area contributed by atoms with Crippen LogP contribution in [0.5, 0.6) is 0 Å². The second-order valence-corrected chi connectivity index (χ2v) is 4.16. The molecule has 0 bridgehead atoms. The highest BCUT2D eigenvalue weighted by Gasteiger charge is 2.04. The van der Waals surface area contributed by atoms with Gasteiger partial charge >= 0.3 is 0 Å². The Balaban J connectivity index is 2.14. The average molecular weight is 223 g/mol. The summed E-state index contributed by atoms with van der Waals surface area (Å²) in [7, 11) is 0. The molecule has 0 aromatic carbocycles. The van der Waals surface area contributed by atoms with E-state index in [0.29, 0.717) is 12.4 Å². The molecule has 2 rings (SSSR count). The van der Waals surface area contributed by atoms with Crippen LogP contribution in [0.3, 0.4) is 0 Å². The van der Waals surface area contributed by atoms with Gasteiger partial charge in [-0.15, -0.1) is 11.3 Å². The Kier molecular flexibility index (Phi) is 3.13. The highest BCUT2D eigenvalue weighted by Crippen LogP contribution is 2.12. The molecule has 0 unspecified atom stereocenters. The zero-order valence-electron chi connectivity index (χ0n) is 8.55. The second kappa shape index (κ2) is 4.55. The Morgan fingerprint density at radius 1 is 1.53 bits per heavy atom. The van der Waals surface area contributed by atoms with Crippen LogP contribution in [0.25, 0.3) is 0 Å². The molecule has 15 heavy (non-hydrogen) atoms. The number of aliphatic hydroxyl groups is 1. The van der Waals surface area contributed by atoms with E-state index in [0.717, 1.165) is 17.1 Å². The van der Waals surface area contributed by atoms with Crippen LogP contribution in [0, 0.1) is 0 Å². The Morgan fingerprint density at radius 2 is 2.40 bits per heavy atom. The van der Waals surface area contributed by atoms with Gasteiger partial charge in [0.15, 0.2) is 0 Å². The molecule has 2 heterocycles. The quantitative estimate of drug-likeness (QED) is 0.853. The molecule has 0 radical (unpaired) electrons. The first kappa shape index (κ1) is 10.3. The number of thiazole rings is 1. The topological polar surface area (TPSA) is 50.9 Å². The van der Waals surface area contributed by atoms with Gasteiger partial charge in [0, 0.05) is 17.8 Å². The van der Waals surface area contributed by atoms with Gasteiger partial charge in [-0.25, -0.2) is 9.97 Å². The standard InChI is InChI=1S/C10H13N3OS/c1-2-10-12-8(7-15-10)5-13-4-3-11-9(13)6-14/h3-4,7,14H,2,5-6H2,1H3. The predicted molar refractivity (Wildman–Crippen MR) is 58.7 cm³/mol. The molecule has 0 fully saturated rings. The summed E-state index contributed by atoms with van der Waals surface area (Å²) >= 11 is 1.68. The van der Waals surface area contributed by atoms with E-state index in [1.165, 1.54) is 0 Å². The number of imidazole rings is 1. The van der Waals surface area contributed by atoms with Crippen molar-refractivity contribution in [2.24, 2.45) is 0 Å². The maximum atomic E-state index is 9.04. The Hall–Kier alpha value is -1.20. The summed E-state index contributed by atoms with van der Waals surface area (Å²) in [6, 6.07) is 0. The normalized spacial score (nSPS) is 10.8. The maximum absolute atomic E-state index is 9.04. The van der Waals surface area contributed by atoms with E-state index in [-0.39, 0.29) is 6.61 Å². The first-order valence-corrected chi connectivity index (χ1v) is 5.75. The molecule has 0 saturated heterocycles.